The van der Waals surface area contributed by atoms with E-state index in [1.807, 2.05) is 7.05 Å². The van der Waals surface area contributed by atoms with Crippen molar-refractivity contribution in [3.8, 4) is 0 Å². The van der Waals surface area contributed by atoms with E-state index < -0.39 is 0 Å². The van der Waals surface area contributed by atoms with Crippen LogP contribution < -0.4 is 5.32 Å². The third kappa shape index (κ3) is 2.36. The Balaban J connectivity index is 2.93. The van der Waals surface area contributed by atoms with E-state index in [-0.39, 0.29) is 0 Å². The van der Waals surface area contributed by atoms with Gasteiger partial charge in [0.2, 0.25) is 0 Å². The molecule has 0 spiro atoms. The van der Waals surface area contributed by atoms with E-state index in [1.54, 1.807) is 0 Å². The fraction of sp³-hybridized carbons (Fsp3) is 0.700. The Morgan fingerprint density at radius 3 is 2.57 bits per heavy atom. The molecule has 4 heteroatoms. The minimum absolute atomic E-state index is 0.472. The summed E-state index contributed by atoms with van der Waals surface area (Å²) in [6.07, 6.45) is 1.01. The zero-order chi connectivity index (χ0) is 10.7. The van der Waals surface area contributed by atoms with E-state index in [0.29, 0.717) is 5.92 Å². The quantitative estimate of drug-likeness (QED) is 0.898. The normalized spacial score (nSPS) is 11.3. The average Bonchev–Trinajstić information content (AvgIpc) is 2.40. The van der Waals surface area contributed by atoms with Gasteiger partial charge in [0, 0.05) is 25.9 Å². The van der Waals surface area contributed by atoms with Crippen LogP contribution in [0.5, 0.6) is 0 Å². The molecule has 0 radical (unpaired) electrons. The van der Waals surface area contributed by atoms with Crippen LogP contribution in [0.2, 0.25) is 0 Å². The fourth-order valence-electron chi connectivity index (χ4n) is 1.55. The standard InChI is InChI=1S/C10H18BrN3/c1-7(2)10-13-9(11)8(14(10)4)5-6-12-3/h7,12H,5-6H2,1-4H3. The first-order chi connectivity index (χ1) is 6.57. The third-order valence-corrected chi connectivity index (χ3v) is 2.96. The van der Waals surface area contributed by atoms with Crippen molar-refractivity contribution in [2.75, 3.05) is 13.6 Å². The largest absolute Gasteiger partial charge is 0.334 e. The Morgan fingerprint density at radius 2 is 2.14 bits per heavy atom. The number of halogens is 1. The molecule has 1 aromatic rings. The molecule has 0 aliphatic heterocycles. The predicted molar refractivity (Wildman–Crippen MR) is 62.6 cm³/mol. The maximum absolute atomic E-state index is 4.51. The number of nitrogens with one attached hydrogen (secondary N) is 1. The van der Waals surface area contributed by atoms with Crippen LogP contribution in [0.1, 0.15) is 31.3 Å². The first-order valence-electron chi connectivity index (χ1n) is 4.93. The number of imidazole rings is 1. The maximum atomic E-state index is 4.51. The second kappa shape index (κ2) is 4.94. The first-order valence-corrected chi connectivity index (χ1v) is 5.72. The summed E-state index contributed by atoms with van der Waals surface area (Å²) in [4.78, 5) is 4.51. The van der Waals surface area contributed by atoms with Gasteiger partial charge >= 0.3 is 0 Å². The Labute approximate surface area is 94.0 Å². The minimum atomic E-state index is 0.472. The van der Waals surface area contributed by atoms with Crippen LogP contribution >= 0.6 is 15.9 Å². The molecule has 80 valence electrons. The van der Waals surface area contributed by atoms with Gasteiger partial charge in [-0.15, -0.1) is 0 Å². The topological polar surface area (TPSA) is 29.9 Å². The second-order valence-corrected chi connectivity index (χ2v) is 4.53. The summed E-state index contributed by atoms with van der Waals surface area (Å²) in [6, 6.07) is 0. The molecule has 0 atom stereocenters. The van der Waals surface area contributed by atoms with Crippen molar-refractivity contribution in [3.05, 3.63) is 16.1 Å². The summed E-state index contributed by atoms with van der Waals surface area (Å²) in [5.74, 6) is 1.61. The highest BCUT2D eigenvalue weighted by Crippen LogP contribution is 2.22. The first kappa shape index (κ1) is 11.7. The van der Waals surface area contributed by atoms with Crippen molar-refractivity contribution >= 4 is 15.9 Å². The van der Waals surface area contributed by atoms with Gasteiger partial charge in [0.15, 0.2) is 0 Å². The van der Waals surface area contributed by atoms with Crippen molar-refractivity contribution in [2.24, 2.45) is 7.05 Å². The van der Waals surface area contributed by atoms with E-state index in [4.69, 9.17) is 0 Å². The predicted octanol–water partition coefficient (Wildman–Crippen LogP) is 2.07. The molecule has 1 rings (SSSR count). The number of likely N-dealkylation sites (N-methyl/N-ethyl adjacent to an activating group) is 1. The van der Waals surface area contributed by atoms with Gasteiger partial charge in [0.1, 0.15) is 10.4 Å². The minimum Gasteiger partial charge on any atom is -0.334 e. The van der Waals surface area contributed by atoms with Crippen molar-refractivity contribution in [1.82, 2.24) is 14.9 Å². The van der Waals surface area contributed by atoms with Crippen LogP contribution in [0.3, 0.4) is 0 Å². The fourth-order valence-corrected chi connectivity index (χ4v) is 2.19. The van der Waals surface area contributed by atoms with Crippen LogP contribution in [-0.2, 0) is 13.5 Å². The van der Waals surface area contributed by atoms with Gasteiger partial charge in [-0.3, -0.25) is 0 Å². The van der Waals surface area contributed by atoms with Crippen molar-refractivity contribution in [1.29, 1.82) is 0 Å². The molecule has 0 bridgehead atoms. The molecule has 1 heterocycles. The van der Waals surface area contributed by atoms with Gasteiger partial charge in [-0.25, -0.2) is 4.98 Å². The third-order valence-electron chi connectivity index (χ3n) is 2.33. The zero-order valence-corrected chi connectivity index (χ0v) is 10.8. The molecule has 3 nitrogen and oxygen atoms in total. The average molecular weight is 260 g/mol. The van der Waals surface area contributed by atoms with Crippen LogP contribution in [0.25, 0.3) is 0 Å². The number of aromatic nitrogens is 2. The zero-order valence-electron chi connectivity index (χ0n) is 9.26. The molecular weight excluding hydrogens is 242 g/mol. The maximum Gasteiger partial charge on any atom is 0.127 e. The Kier molecular flexibility index (Phi) is 4.13. The highest BCUT2D eigenvalue weighted by Gasteiger charge is 2.14. The lowest BCUT2D eigenvalue weighted by atomic mass is 10.2. The summed E-state index contributed by atoms with van der Waals surface area (Å²) < 4.78 is 3.17. The lowest BCUT2D eigenvalue weighted by Gasteiger charge is -2.07. The lowest BCUT2D eigenvalue weighted by Crippen LogP contribution is -2.13. The summed E-state index contributed by atoms with van der Waals surface area (Å²) in [6.45, 7) is 5.31. The van der Waals surface area contributed by atoms with Gasteiger partial charge in [0.05, 0.1) is 5.69 Å². The van der Waals surface area contributed by atoms with Gasteiger partial charge in [-0.1, -0.05) is 13.8 Å². The molecule has 0 unspecified atom stereocenters. The molecule has 0 aliphatic rings. The van der Waals surface area contributed by atoms with Gasteiger partial charge < -0.3 is 9.88 Å². The Bertz CT molecular complexity index is 305. The van der Waals surface area contributed by atoms with Gasteiger partial charge in [0.25, 0.3) is 0 Å². The molecule has 0 amide bonds. The van der Waals surface area contributed by atoms with Crippen LogP contribution in [0.4, 0.5) is 0 Å². The molecule has 14 heavy (non-hydrogen) atoms. The highest BCUT2D eigenvalue weighted by atomic mass is 79.9. The molecule has 0 saturated carbocycles. The highest BCUT2D eigenvalue weighted by molar-refractivity contribution is 9.10. The summed E-state index contributed by atoms with van der Waals surface area (Å²) in [5.41, 5.74) is 1.27. The van der Waals surface area contributed by atoms with E-state index >= 15 is 0 Å². The van der Waals surface area contributed by atoms with Crippen LogP contribution in [0.15, 0.2) is 4.60 Å². The molecule has 0 aromatic carbocycles. The van der Waals surface area contributed by atoms with E-state index in [0.717, 1.165) is 23.4 Å². The summed E-state index contributed by atoms with van der Waals surface area (Å²) in [5, 5.41) is 3.15. The van der Waals surface area contributed by atoms with Crippen molar-refractivity contribution < 1.29 is 0 Å². The molecule has 0 saturated heterocycles. The SMILES string of the molecule is CNCCc1c(Br)nc(C(C)C)n1C. The molecular formula is C10H18BrN3. The summed E-state index contributed by atoms with van der Waals surface area (Å²) in [7, 11) is 4.05. The van der Waals surface area contributed by atoms with Crippen molar-refractivity contribution in [3.63, 3.8) is 0 Å². The monoisotopic (exact) mass is 259 g/mol. The second-order valence-electron chi connectivity index (χ2n) is 3.77. The van der Waals surface area contributed by atoms with E-state index in [9.17, 15) is 0 Å². The molecule has 0 fully saturated rings. The van der Waals surface area contributed by atoms with Crippen LogP contribution in [0, 0.1) is 0 Å². The number of rotatable bonds is 4. The smallest absolute Gasteiger partial charge is 0.127 e. The lowest BCUT2D eigenvalue weighted by molar-refractivity contribution is 0.673. The number of hydrogen-bond donors (Lipinski definition) is 1. The Morgan fingerprint density at radius 1 is 1.50 bits per heavy atom. The van der Waals surface area contributed by atoms with Crippen molar-refractivity contribution in [2.45, 2.75) is 26.2 Å². The Hall–Kier alpha value is -0.350. The van der Waals surface area contributed by atoms with Gasteiger partial charge in [-0.2, -0.15) is 0 Å². The summed E-state index contributed by atoms with van der Waals surface area (Å²) >= 11 is 3.51. The molecule has 1 aromatic heterocycles. The molecule has 0 aliphatic carbocycles. The number of hydrogen-bond acceptors (Lipinski definition) is 2. The van der Waals surface area contributed by atoms with E-state index in [1.165, 1.54) is 5.69 Å². The number of nitrogens with zero attached hydrogens (tertiary/aromatic N) is 2. The van der Waals surface area contributed by atoms with Crippen LogP contribution in [-0.4, -0.2) is 23.1 Å². The van der Waals surface area contributed by atoms with E-state index in [2.05, 4.69) is 51.7 Å². The molecule has 1 N–H and O–H groups in total. The van der Waals surface area contributed by atoms with Gasteiger partial charge in [-0.05, 0) is 23.0 Å².